The van der Waals surface area contributed by atoms with Crippen molar-refractivity contribution in [1.82, 2.24) is 14.9 Å². The van der Waals surface area contributed by atoms with Crippen molar-refractivity contribution in [1.29, 1.82) is 0 Å². The topological polar surface area (TPSA) is 41.1 Å². The van der Waals surface area contributed by atoms with E-state index in [-0.39, 0.29) is 0 Å². The second-order valence-corrected chi connectivity index (χ2v) is 5.63. The number of nitrogens with one attached hydrogen (secondary N) is 1. The zero-order valence-electron chi connectivity index (χ0n) is 11.1. The number of likely N-dealkylation sites (tertiary alicyclic amines) is 1. The molecule has 0 amide bonds. The van der Waals surface area contributed by atoms with Gasteiger partial charge in [-0.1, -0.05) is 6.92 Å². The van der Waals surface area contributed by atoms with Gasteiger partial charge in [0.15, 0.2) is 0 Å². The number of nitrogens with zero attached hydrogens (tertiary/aromatic N) is 3. The monoisotopic (exact) mass is 312 g/mol. The first-order valence-electron chi connectivity index (χ1n) is 6.70. The molecule has 1 aliphatic rings. The molecule has 1 N–H and O–H groups in total. The summed E-state index contributed by atoms with van der Waals surface area (Å²) in [5, 5.41) is 3.41. The van der Waals surface area contributed by atoms with Gasteiger partial charge in [0.05, 0.1) is 0 Å². The molecule has 18 heavy (non-hydrogen) atoms. The van der Waals surface area contributed by atoms with Crippen LogP contribution in [0, 0.1) is 0 Å². The van der Waals surface area contributed by atoms with E-state index in [4.69, 9.17) is 0 Å². The molecule has 1 aromatic rings. The average molecular weight is 313 g/mol. The molecule has 1 saturated heterocycles. The molecule has 2 heterocycles. The maximum absolute atomic E-state index is 4.48. The van der Waals surface area contributed by atoms with E-state index < -0.39 is 0 Å². The molecule has 1 fully saturated rings. The van der Waals surface area contributed by atoms with Gasteiger partial charge in [-0.2, -0.15) is 0 Å². The Labute approximate surface area is 117 Å². The number of hydrogen-bond acceptors (Lipinski definition) is 4. The van der Waals surface area contributed by atoms with Crippen LogP contribution in [0.3, 0.4) is 0 Å². The van der Waals surface area contributed by atoms with Gasteiger partial charge in [-0.15, -0.1) is 0 Å². The van der Waals surface area contributed by atoms with Gasteiger partial charge >= 0.3 is 0 Å². The van der Waals surface area contributed by atoms with E-state index in [1.54, 1.807) is 0 Å². The maximum Gasteiger partial charge on any atom is 0.131 e. The lowest BCUT2D eigenvalue weighted by atomic mass is 10.3. The summed E-state index contributed by atoms with van der Waals surface area (Å²) in [6, 6.07) is 2.50. The van der Waals surface area contributed by atoms with E-state index in [0.717, 1.165) is 29.2 Å². The van der Waals surface area contributed by atoms with E-state index in [2.05, 4.69) is 50.0 Å². The van der Waals surface area contributed by atoms with Crippen molar-refractivity contribution in [2.75, 3.05) is 25.0 Å². The highest BCUT2D eigenvalue weighted by molar-refractivity contribution is 9.10. The largest absolute Gasteiger partial charge is 0.368 e. The molecular weight excluding hydrogens is 292 g/mol. The van der Waals surface area contributed by atoms with Crippen LogP contribution in [-0.4, -0.2) is 40.5 Å². The highest BCUT2D eigenvalue weighted by atomic mass is 79.9. The molecule has 0 spiro atoms. The lowest BCUT2D eigenvalue weighted by molar-refractivity contribution is 0.269. The van der Waals surface area contributed by atoms with Gasteiger partial charge in [0, 0.05) is 25.1 Å². The van der Waals surface area contributed by atoms with Crippen LogP contribution in [0.4, 0.5) is 5.82 Å². The fraction of sp³-hybridized carbons (Fsp3) is 0.692. The maximum atomic E-state index is 4.48. The predicted octanol–water partition coefficient (Wildman–Crippen LogP) is 2.70. The number of halogens is 1. The van der Waals surface area contributed by atoms with Crippen molar-refractivity contribution in [3.63, 3.8) is 0 Å². The Kier molecular flexibility index (Phi) is 4.95. The Morgan fingerprint density at radius 1 is 1.39 bits per heavy atom. The second kappa shape index (κ2) is 6.48. The second-order valence-electron chi connectivity index (χ2n) is 4.82. The van der Waals surface area contributed by atoms with Crippen molar-refractivity contribution in [3.8, 4) is 0 Å². The van der Waals surface area contributed by atoms with Crippen LogP contribution in [0.5, 0.6) is 0 Å². The van der Waals surface area contributed by atoms with Gasteiger partial charge in [0.1, 0.15) is 16.2 Å². The SMILES string of the molecule is CCc1nc(Br)cc(NCC(C)N2CCCC2)n1. The first-order valence-corrected chi connectivity index (χ1v) is 7.49. The van der Waals surface area contributed by atoms with E-state index in [0.29, 0.717) is 6.04 Å². The van der Waals surface area contributed by atoms with Crippen molar-refractivity contribution >= 4 is 21.7 Å². The minimum atomic E-state index is 0.561. The van der Waals surface area contributed by atoms with Crippen molar-refractivity contribution in [2.45, 2.75) is 39.2 Å². The number of hydrogen-bond donors (Lipinski definition) is 1. The molecule has 0 saturated carbocycles. The normalized spacial score (nSPS) is 17.9. The van der Waals surface area contributed by atoms with Crippen LogP contribution < -0.4 is 5.32 Å². The Balaban J connectivity index is 1.90. The lowest BCUT2D eigenvalue weighted by Crippen LogP contribution is -2.35. The predicted molar refractivity (Wildman–Crippen MR) is 77.9 cm³/mol. The number of aryl methyl sites for hydroxylation is 1. The quantitative estimate of drug-likeness (QED) is 0.849. The molecule has 1 aliphatic heterocycles. The van der Waals surface area contributed by atoms with Crippen LogP contribution in [0.1, 0.15) is 32.5 Å². The molecule has 0 aliphatic carbocycles. The summed E-state index contributed by atoms with van der Waals surface area (Å²) in [5.74, 6) is 1.79. The molecular formula is C13H21BrN4. The minimum Gasteiger partial charge on any atom is -0.368 e. The fourth-order valence-electron chi connectivity index (χ4n) is 2.28. The zero-order valence-corrected chi connectivity index (χ0v) is 12.7. The van der Waals surface area contributed by atoms with Crippen molar-refractivity contribution in [3.05, 3.63) is 16.5 Å². The van der Waals surface area contributed by atoms with Crippen molar-refractivity contribution in [2.24, 2.45) is 0 Å². The van der Waals surface area contributed by atoms with Gasteiger partial charge in [-0.25, -0.2) is 9.97 Å². The van der Waals surface area contributed by atoms with E-state index in [1.807, 2.05) is 6.07 Å². The molecule has 100 valence electrons. The van der Waals surface area contributed by atoms with Crippen LogP contribution in [0.2, 0.25) is 0 Å². The summed E-state index contributed by atoms with van der Waals surface area (Å²) in [6.07, 6.45) is 3.53. The molecule has 0 aromatic carbocycles. The number of rotatable bonds is 5. The first-order chi connectivity index (χ1) is 8.69. The fourth-order valence-corrected chi connectivity index (χ4v) is 2.70. The molecule has 0 bridgehead atoms. The summed E-state index contributed by atoms with van der Waals surface area (Å²) in [6.45, 7) is 7.74. The molecule has 1 unspecified atom stereocenters. The van der Waals surface area contributed by atoms with E-state index in [1.165, 1.54) is 25.9 Å². The van der Waals surface area contributed by atoms with E-state index in [9.17, 15) is 0 Å². The van der Waals surface area contributed by atoms with Gasteiger partial charge in [0.25, 0.3) is 0 Å². The molecule has 0 radical (unpaired) electrons. The Hall–Kier alpha value is -0.680. The summed E-state index contributed by atoms with van der Waals surface area (Å²) in [4.78, 5) is 11.3. The van der Waals surface area contributed by atoms with Gasteiger partial charge in [0.2, 0.25) is 0 Å². The Bertz CT molecular complexity index is 391. The summed E-state index contributed by atoms with van der Waals surface area (Å²) < 4.78 is 0.852. The lowest BCUT2D eigenvalue weighted by Gasteiger charge is -2.24. The Morgan fingerprint density at radius 2 is 2.11 bits per heavy atom. The van der Waals surface area contributed by atoms with Crippen LogP contribution in [-0.2, 0) is 6.42 Å². The molecule has 1 aromatic heterocycles. The van der Waals surface area contributed by atoms with Gasteiger partial charge < -0.3 is 5.32 Å². The standard InChI is InChI=1S/C13H21BrN4/c1-3-12-16-11(14)8-13(17-12)15-9-10(2)18-6-4-5-7-18/h8,10H,3-7,9H2,1-2H3,(H,15,16,17). The minimum absolute atomic E-state index is 0.561. The van der Waals surface area contributed by atoms with Crippen LogP contribution in [0.15, 0.2) is 10.7 Å². The zero-order chi connectivity index (χ0) is 13.0. The molecule has 5 heteroatoms. The number of anilines is 1. The van der Waals surface area contributed by atoms with Gasteiger partial charge in [-0.05, 0) is 48.8 Å². The summed E-state index contributed by atoms with van der Waals surface area (Å²) in [7, 11) is 0. The van der Waals surface area contributed by atoms with Crippen molar-refractivity contribution < 1.29 is 0 Å². The highest BCUT2D eigenvalue weighted by Gasteiger charge is 2.17. The third kappa shape index (κ3) is 3.65. The number of aromatic nitrogens is 2. The Morgan fingerprint density at radius 3 is 2.78 bits per heavy atom. The first kappa shape index (κ1) is 13.7. The summed E-state index contributed by atoms with van der Waals surface area (Å²) in [5.41, 5.74) is 0. The summed E-state index contributed by atoms with van der Waals surface area (Å²) >= 11 is 3.43. The van der Waals surface area contributed by atoms with Crippen LogP contribution in [0.25, 0.3) is 0 Å². The third-order valence-corrected chi connectivity index (χ3v) is 3.81. The van der Waals surface area contributed by atoms with E-state index >= 15 is 0 Å². The van der Waals surface area contributed by atoms with Gasteiger partial charge in [-0.3, -0.25) is 4.90 Å². The smallest absolute Gasteiger partial charge is 0.131 e. The third-order valence-electron chi connectivity index (χ3n) is 3.40. The molecule has 2 rings (SSSR count). The molecule has 4 nitrogen and oxygen atoms in total. The average Bonchev–Trinajstić information content (AvgIpc) is 2.89. The van der Waals surface area contributed by atoms with Crippen LogP contribution >= 0.6 is 15.9 Å². The molecule has 1 atom stereocenters. The highest BCUT2D eigenvalue weighted by Crippen LogP contribution is 2.15.